The van der Waals surface area contributed by atoms with Crippen LogP contribution >= 0.6 is 0 Å². The number of hydrogen-bond acceptors (Lipinski definition) is 3. The molecular formula is C19H25F3N2O3S. The van der Waals surface area contributed by atoms with E-state index in [1.54, 1.807) is 13.0 Å². The van der Waals surface area contributed by atoms with Crippen LogP contribution in [-0.2, 0) is 9.84 Å². The van der Waals surface area contributed by atoms with E-state index in [0.29, 0.717) is 0 Å². The SMILES string of the molecule is CC(/C=C/S(C)(=O)=O)NC(=O)N1CC[C@H](C(C)(F)F)C[C@@H]1c1ccccc1F. The molecule has 0 spiro atoms. The van der Waals surface area contributed by atoms with Crippen molar-refractivity contribution in [2.45, 2.75) is 44.7 Å². The molecule has 0 radical (unpaired) electrons. The molecule has 2 amide bonds. The molecule has 28 heavy (non-hydrogen) atoms. The van der Waals surface area contributed by atoms with Crippen LogP contribution in [0.4, 0.5) is 18.0 Å². The van der Waals surface area contributed by atoms with Gasteiger partial charge in [-0.05, 0) is 32.8 Å². The van der Waals surface area contributed by atoms with Gasteiger partial charge in [0.25, 0.3) is 0 Å². The number of rotatable bonds is 5. The second-order valence-corrected chi connectivity index (χ2v) is 9.24. The van der Waals surface area contributed by atoms with Gasteiger partial charge in [-0.3, -0.25) is 0 Å². The zero-order chi connectivity index (χ0) is 21.1. The molecule has 1 unspecified atom stereocenters. The average molecular weight is 418 g/mol. The van der Waals surface area contributed by atoms with Gasteiger partial charge >= 0.3 is 6.03 Å². The lowest BCUT2D eigenvalue weighted by Crippen LogP contribution is -2.50. The lowest BCUT2D eigenvalue weighted by molar-refractivity contribution is -0.0689. The van der Waals surface area contributed by atoms with Crippen LogP contribution in [0.3, 0.4) is 0 Å². The van der Waals surface area contributed by atoms with E-state index in [2.05, 4.69) is 5.32 Å². The van der Waals surface area contributed by atoms with E-state index < -0.39 is 45.6 Å². The van der Waals surface area contributed by atoms with Crippen molar-refractivity contribution in [3.63, 3.8) is 0 Å². The normalized spacial score (nSPS) is 22.3. The van der Waals surface area contributed by atoms with E-state index in [4.69, 9.17) is 0 Å². The van der Waals surface area contributed by atoms with Gasteiger partial charge in [0.15, 0.2) is 9.84 Å². The topological polar surface area (TPSA) is 66.5 Å². The maximum absolute atomic E-state index is 14.3. The number of hydrogen-bond donors (Lipinski definition) is 1. The monoisotopic (exact) mass is 418 g/mol. The number of nitrogens with zero attached hydrogens (tertiary/aromatic N) is 1. The molecule has 0 saturated carbocycles. The molecule has 156 valence electrons. The van der Waals surface area contributed by atoms with Crippen molar-refractivity contribution in [1.29, 1.82) is 0 Å². The number of likely N-dealkylation sites (tertiary alicyclic amines) is 1. The summed E-state index contributed by atoms with van der Waals surface area (Å²) in [5, 5.41) is 3.60. The van der Waals surface area contributed by atoms with Crippen LogP contribution in [0.25, 0.3) is 0 Å². The minimum absolute atomic E-state index is 0.0431. The van der Waals surface area contributed by atoms with Gasteiger partial charge in [0.2, 0.25) is 5.92 Å². The zero-order valence-corrected chi connectivity index (χ0v) is 16.8. The summed E-state index contributed by atoms with van der Waals surface area (Å²) in [5.74, 6) is -4.46. The Morgan fingerprint density at radius 3 is 2.57 bits per heavy atom. The van der Waals surface area contributed by atoms with Gasteiger partial charge in [-0.1, -0.05) is 24.3 Å². The fourth-order valence-corrected chi connectivity index (χ4v) is 3.82. The van der Waals surface area contributed by atoms with Crippen molar-refractivity contribution >= 4 is 15.9 Å². The van der Waals surface area contributed by atoms with Crippen LogP contribution in [-0.4, -0.2) is 44.1 Å². The molecule has 0 aromatic heterocycles. The molecule has 0 aliphatic carbocycles. The molecule has 1 aromatic carbocycles. The first-order valence-electron chi connectivity index (χ1n) is 8.96. The number of piperidine rings is 1. The highest BCUT2D eigenvalue weighted by Crippen LogP contribution is 2.41. The second kappa shape index (κ2) is 8.55. The molecular weight excluding hydrogens is 393 g/mol. The number of carbonyl (C=O) groups is 1. The van der Waals surface area contributed by atoms with Crippen LogP contribution in [0.15, 0.2) is 35.7 Å². The smallest absolute Gasteiger partial charge is 0.318 e. The lowest BCUT2D eigenvalue weighted by atomic mass is 9.83. The summed E-state index contributed by atoms with van der Waals surface area (Å²) >= 11 is 0. The van der Waals surface area contributed by atoms with Crippen LogP contribution < -0.4 is 5.32 Å². The van der Waals surface area contributed by atoms with Gasteiger partial charge in [-0.25, -0.2) is 26.4 Å². The maximum atomic E-state index is 14.3. The first-order valence-corrected chi connectivity index (χ1v) is 10.9. The predicted molar refractivity (Wildman–Crippen MR) is 101 cm³/mol. The van der Waals surface area contributed by atoms with Gasteiger partial charge < -0.3 is 10.2 Å². The van der Waals surface area contributed by atoms with Crippen molar-refractivity contribution in [3.8, 4) is 0 Å². The minimum Gasteiger partial charge on any atom is -0.332 e. The van der Waals surface area contributed by atoms with Crippen LogP contribution in [0.2, 0.25) is 0 Å². The number of carbonyl (C=O) groups excluding carboxylic acids is 1. The summed E-state index contributed by atoms with van der Waals surface area (Å²) in [6, 6.07) is 3.82. The van der Waals surface area contributed by atoms with Crippen LogP contribution in [0, 0.1) is 11.7 Å². The van der Waals surface area contributed by atoms with Crippen molar-refractivity contribution in [3.05, 3.63) is 47.1 Å². The molecule has 1 aliphatic rings. The van der Waals surface area contributed by atoms with Crippen molar-refractivity contribution in [2.75, 3.05) is 12.8 Å². The Morgan fingerprint density at radius 1 is 1.36 bits per heavy atom. The van der Waals surface area contributed by atoms with Gasteiger partial charge in [0.1, 0.15) is 5.82 Å². The number of benzene rings is 1. The number of nitrogens with one attached hydrogen (secondary N) is 1. The third-order valence-corrected chi connectivity index (χ3v) is 5.46. The molecule has 1 aliphatic heterocycles. The molecule has 1 heterocycles. The number of sulfone groups is 1. The van der Waals surface area contributed by atoms with E-state index >= 15 is 0 Å². The van der Waals surface area contributed by atoms with Crippen molar-refractivity contribution < 1.29 is 26.4 Å². The molecule has 1 saturated heterocycles. The quantitative estimate of drug-likeness (QED) is 0.789. The maximum Gasteiger partial charge on any atom is 0.318 e. The van der Waals surface area contributed by atoms with Crippen LogP contribution in [0.5, 0.6) is 0 Å². The van der Waals surface area contributed by atoms with Gasteiger partial charge in [-0.15, -0.1) is 0 Å². The minimum atomic E-state index is -3.34. The first-order chi connectivity index (χ1) is 12.9. The second-order valence-electron chi connectivity index (χ2n) is 7.30. The summed E-state index contributed by atoms with van der Waals surface area (Å²) in [6.07, 6.45) is 2.38. The average Bonchev–Trinajstić information content (AvgIpc) is 2.58. The fourth-order valence-electron chi connectivity index (χ4n) is 3.30. The third-order valence-electron chi connectivity index (χ3n) is 4.81. The molecule has 0 bridgehead atoms. The standard InChI is InChI=1S/C19H25F3N2O3S/c1-13(9-11-28(3,26)27)23-18(25)24-10-8-14(19(2,21)22)12-17(24)15-6-4-5-7-16(15)20/h4-7,9,11,13-14,17H,8,10,12H2,1-3H3,(H,23,25)/b11-9+/t13?,14-,17+/m0/s1. The summed E-state index contributed by atoms with van der Waals surface area (Å²) in [5.41, 5.74) is 0.186. The molecule has 1 N–H and O–H groups in total. The Balaban J connectivity index is 2.24. The summed E-state index contributed by atoms with van der Waals surface area (Å²) in [4.78, 5) is 14.0. The van der Waals surface area contributed by atoms with Crippen molar-refractivity contribution in [1.82, 2.24) is 10.2 Å². The Morgan fingerprint density at radius 2 is 2.00 bits per heavy atom. The lowest BCUT2D eigenvalue weighted by Gasteiger charge is -2.41. The van der Waals surface area contributed by atoms with E-state index in [0.717, 1.165) is 18.6 Å². The summed E-state index contributed by atoms with van der Waals surface area (Å²) < 4.78 is 64.5. The van der Waals surface area contributed by atoms with Gasteiger partial charge in [0, 0.05) is 35.7 Å². The number of halogens is 3. The number of alkyl halides is 2. The van der Waals surface area contributed by atoms with E-state index in [1.807, 2.05) is 0 Å². The van der Waals surface area contributed by atoms with E-state index in [-0.39, 0.29) is 24.9 Å². The van der Waals surface area contributed by atoms with E-state index in [1.165, 1.54) is 29.2 Å². The first kappa shape index (κ1) is 22.3. The molecule has 1 aromatic rings. The van der Waals surface area contributed by atoms with Gasteiger partial charge in [-0.2, -0.15) is 0 Å². The Kier molecular flexibility index (Phi) is 6.80. The number of urea groups is 1. The Hall–Kier alpha value is -2.03. The molecule has 3 atom stereocenters. The summed E-state index contributed by atoms with van der Waals surface area (Å²) in [7, 11) is -3.34. The molecule has 5 nitrogen and oxygen atoms in total. The summed E-state index contributed by atoms with van der Waals surface area (Å²) in [6.45, 7) is 2.47. The zero-order valence-electron chi connectivity index (χ0n) is 16.0. The molecule has 2 rings (SSSR count). The van der Waals surface area contributed by atoms with Crippen LogP contribution in [0.1, 0.15) is 38.3 Å². The van der Waals surface area contributed by atoms with Gasteiger partial charge in [0.05, 0.1) is 6.04 Å². The predicted octanol–water partition coefficient (Wildman–Crippen LogP) is 3.89. The largest absolute Gasteiger partial charge is 0.332 e. The van der Waals surface area contributed by atoms with E-state index in [9.17, 15) is 26.4 Å². The highest BCUT2D eigenvalue weighted by atomic mass is 32.2. The third kappa shape index (κ3) is 5.98. The van der Waals surface area contributed by atoms with Crippen molar-refractivity contribution in [2.24, 2.45) is 5.92 Å². The molecule has 9 heteroatoms. The fraction of sp³-hybridized carbons (Fsp3) is 0.526. The Labute approximate surface area is 163 Å². The highest BCUT2D eigenvalue weighted by molar-refractivity contribution is 7.93. The Bertz CT molecular complexity index is 837. The number of amides is 2. The highest BCUT2D eigenvalue weighted by Gasteiger charge is 2.42. The molecule has 1 fully saturated rings.